The molecule has 196 valence electrons. The van der Waals surface area contributed by atoms with E-state index >= 15 is 0 Å². The maximum absolute atomic E-state index is 13.6. The molecular weight excluding hydrogens is 549 g/mol. The zero-order valence-electron chi connectivity index (χ0n) is 20.6. The Balaban J connectivity index is 1.81. The average Bonchev–Trinajstić information content (AvgIpc) is 2.82. The van der Waals surface area contributed by atoms with Gasteiger partial charge in [0.2, 0.25) is 5.78 Å². The van der Waals surface area contributed by atoms with Crippen molar-refractivity contribution in [3.63, 3.8) is 0 Å². The van der Waals surface area contributed by atoms with Gasteiger partial charge in [-0.05, 0) is 63.2 Å². The third-order valence-corrected chi connectivity index (χ3v) is 7.06. The zero-order chi connectivity index (χ0) is 27.7. The molecule has 0 aliphatic carbocycles. The number of rotatable bonds is 6. The number of amides is 1. The van der Waals surface area contributed by atoms with Crippen molar-refractivity contribution in [2.24, 2.45) is 0 Å². The number of halogens is 2. The fourth-order valence-electron chi connectivity index (χ4n) is 3.63. The molecule has 0 saturated carbocycles. The van der Waals surface area contributed by atoms with Gasteiger partial charge in [0, 0.05) is 16.0 Å². The molecule has 1 heterocycles. The van der Waals surface area contributed by atoms with Gasteiger partial charge in [-0.2, -0.15) is 0 Å². The van der Waals surface area contributed by atoms with Crippen LogP contribution >= 0.6 is 23.2 Å². The van der Waals surface area contributed by atoms with Crippen molar-refractivity contribution < 1.29 is 22.7 Å². The summed E-state index contributed by atoms with van der Waals surface area (Å²) in [6.07, 6.45) is -0.737. The number of hydrogen-bond donors (Lipinski definition) is 2. The fraction of sp³-hybridized carbons (Fsp3) is 0.148. The van der Waals surface area contributed by atoms with E-state index in [1.807, 2.05) is 0 Å². The summed E-state index contributed by atoms with van der Waals surface area (Å²) >= 11 is 12.6. The van der Waals surface area contributed by atoms with E-state index in [4.69, 9.17) is 27.9 Å². The Labute approximate surface area is 230 Å². The van der Waals surface area contributed by atoms with Crippen LogP contribution in [0, 0.1) is 0 Å². The topological polar surface area (TPSA) is 114 Å². The van der Waals surface area contributed by atoms with Gasteiger partial charge in [-0.1, -0.05) is 53.5 Å². The number of fused-ring (bicyclic) bond motifs is 1. The zero-order valence-corrected chi connectivity index (χ0v) is 22.9. The maximum atomic E-state index is 13.6. The number of anilines is 2. The number of ketones is 1. The highest BCUT2D eigenvalue weighted by Gasteiger charge is 2.23. The molecule has 0 aliphatic heterocycles. The van der Waals surface area contributed by atoms with Crippen LogP contribution in [-0.2, 0) is 14.8 Å². The second-order valence-electron chi connectivity index (χ2n) is 9.26. The molecule has 3 aromatic carbocycles. The molecule has 0 bridgehead atoms. The number of carbonyl (C=O) groups is 2. The maximum Gasteiger partial charge on any atom is 0.412 e. The Morgan fingerprint density at radius 2 is 1.55 bits per heavy atom. The van der Waals surface area contributed by atoms with E-state index in [-0.39, 0.29) is 48.5 Å². The standard InChI is InChI=1S/C27H23Cl2N3O5S/c1-27(2,3)37-26(34)31-20-12-8-7-11-18(20)25(33)23-15-22(24-19(29)13-16(28)14-21(24)30-23)32-38(35,36)17-9-5-4-6-10-17/h4-15H,1-3H3,(H,30,32)(H,31,34). The average molecular weight is 572 g/mol. The second kappa shape index (κ2) is 10.6. The number of sulfonamides is 1. The summed E-state index contributed by atoms with van der Waals surface area (Å²) in [6.45, 7) is 5.16. The first-order valence-corrected chi connectivity index (χ1v) is 13.6. The number of ether oxygens (including phenoxy) is 1. The molecule has 0 aliphatic rings. The third kappa shape index (κ3) is 6.24. The first-order chi connectivity index (χ1) is 17.8. The first kappa shape index (κ1) is 27.4. The molecule has 2 N–H and O–H groups in total. The third-order valence-electron chi connectivity index (χ3n) is 5.16. The molecule has 4 aromatic rings. The number of nitrogens with zero attached hydrogens (tertiary/aromatic N) is 1. The lowest BCUT2D eigenvalue weighted by molar-refractivity contribution is 0.0636. The number of nitrogens with one attached hydrogen (secondary N) is 2. The van der Waals surface area contributed by atoms with Gasteiger partial charge < -0.3 is 4.74 Å². The van der Waals surface area contributed by atoms with Gasteiger partial charge in [-0.25, -0.2) is 18.2 Å². The first-order valence-electron chi connectivity index (χ1n) is 11.4. The Bertz CT molecular complexity index is 1650. The summed E-state index contributed by atoms with van der Waals surface area (Å²) in [5.74, 6) is -0.574. The Morgan fingerprint density at radius 1 is 0.895 bits per heavy atom. The van der Waals surface area contributed by atoms with Crippen LogP contribution in [0.15, 0.2) is 77.7 Å². The van der Waals surface area contributed by atoms with E-state index in [1.165, 1.54) is 36.4 Å². The molecule has 0 atom stereocenters. The highest BCUT2D eigenvalue weighted by Crippen LogP contribution is 2.35. The summed E-state index contributed by atoms with van der Waals surface area (Å²) < 4.78 is 34.1. The number of carbonyl (C=O) groups excluding carboxylic acids is 2. The van der Waals surface area contributed by atoms with Crippen molar-refractivity contribution in [1.29, 1.82) is 0 Å². The molecule has 38 heavy (non-hydrogen) atoms. The van der Waals surface area contributed by atoms with E-state index in [1.54, 1.807) is 57.2 Å². The lowest BCUT2D eigenvalue weighted by Crippen LogP contribution is -2.27. The predicted molar refractivity (Wildman–Crippen MR) is 149 cm³/mol. The molecule has 1 aromatic heterocycles. The van der Waals surface area contributed by atoms with Gasteiger partial charge in [0.05, 0.1) is 26.8 Å². The molecule has 4 rings (SSSR count). The van der Waals surface area contributed by atoms with Crippen LogP contribution in [0.25, 0.3) is 10.9 Å². The molecular formula is C27H23Cl2N3O5S. The number of para-hydroxylation sites is 1. The molecule has 0 saturated heterocycles. The summed E-state index contributed by atoms with van der Waals surface area (Å²) in [6, 6.07) is 18.3. The van der Waals surface area contributed by atoms with E-state index in [9.17, 15) is 18.0 Å². The lowest BCUT2D eigenvalue weighted by atomic mass is 10.0. The Hall–Kier alpha value is -3.66. The minimum Gasteiger partial charge on any atom is -0.444 e. The van der Waals surface area contributed by atoms with Crippen LogP contribution in [-0.4, -0.2) is 30.9 Å². The van der Waals surface area contributed by atoms with Gasteiger partial charge >= 0.3 is 6.09 Å². The molecule has 0 spiro atoms. The van der Waals surface area contributed by atoms with Crippen LogP contribution in [0.1, 0.15) is 36.8 Å². The van der Waals surface area contributed by atoms with Crippen LogP contribution in [0.2, 0.25) is 10.0 Å². The smallest absolute Gasteiger partial charge is 0.412 e. The van der Waals surface area contributed by atoms with Crippen LogP contribution in [0.4, 0.5) is 16.2 Å². The van der Waals surface area contributed by atoms with Crippen LogP contribution < -0.4 is 10.0 Å². The minimum atomic E-state index is -4.03. The van der Waals surface area contributed by atoms with Gasteiger partial charge in [0.1, 0.15) is 11.3 Å². The molecule has 0 unspecified atom stereocenters. The fourth-order valence-corrected chi connectivity index (χ4v) is 5.30. The summed E-state index contributed by atoms with van der Waals surface area (Å²) in [7, 11) is -4.03. The van der Waals surface area contributed by atoms with Crippen molar-refractivity contribution in [1.82, 2.24) is 4.98 Å². The van der Waals surface area contributed by atoms with Gasteiger partial charge in [0.15, 0.2) is 0 Å². The summed E-state index contributed by atoms with van der Waals surface area (Å²) in [5.41, 5.74) is -0.274. The van der Waals surface area contributed by atoms with Crippen molar-refractivity contribution in [3.05, 3.63) is 94.1 Å². The van der Waals surface area contributed by atoms with E-state index in [0.717, 1.165) is 0 Å². The SMILES string of the molecule is CC(C)(C)OC(=O)Nc1ccccc1C(=O)c1cc(NS(=O)(=O)c2ccccc2)c2c(Cl)cc(Cl)cc2n1. The molecule has 8 nitrogen and oxygen atoms in total. The van der Waals surface area contributed by atoms with Crippen molar-refractivity contribution in [2.45, 2.75) is 31.3 Å². The quantitative estimate of drug-likeness (QED) is 0.243. The number of aromatic nitrogens is 1. The molecule has 0 fully saturated rings. The van der Waals surface area contributed by atoms with Gasteiger partial charge in [-0.3, -0.25) is 14.8 Å². The predicted octanol–water partition coefficient (Wildman–Crippen LogP) is 6.92. The van der Waals surface area contributed by atoms with Crippen molar-refractivity contribution in [3.8, 4) is 0 Å². The molecule has 0 radical (unpaired) electrons. The number of pyridine rings is 1. The second-order valence-corrected chi connectivity index (χ2v) is 11.8. The Morgan fingerprint density at radius 3 is 2.24 bits per heavy atom. The summed E-state index contributed by atoms with van der Waals surface area (Å²) in [5, 5.41) is 3.26. The van der Waals surface area contributed by atoms with Gasteiger partial charge in [0.25, 0.3) is 10.0 Å². The number of benzene rings is 3. The van der Waals surface area contributed by atoms with Crippen molar-refractivity contribution in [2.75, 3.05) is 10.0 Å². The van der Waals surface area contributed by atoms with E-state index in [2.05, 4.69) is 15.0 Å². The van der Waals surface area contributed by atoms with Crippen molar-refractivity contribution >= 4 is 67.4 Å². The Kier molecular flexibility index (Phi) is 7.64. The molecule has 1 amide bonds. The molecule has 11 heteroatoms. The van der Waals surface area contributed by atoms with Crippen LogP contribution in [0.3, 0.4) is 0 Å². The highest BCUT2D eigenvalue weighted by atomic mass is 35.5. The summed E-state index contributed by atoms with van der Waals surface area (Å²) in [4.78, 5) is 30.4. The monoisotopic (exact) mass is 571 g/mol. The van der Waals surface area contributed by atoms with Gasteiger partial charge in [-0.15, -0.1) is 0 Å². The van der Waals surface area contributed by atoms with E-state index in [0.29, 0.717) is 0 Å². The lowest BCUT2D eigenvalue weighted by Gasteiger charge is -2.20. The number of hydrogen-bond acceptors (Lipinski definition) is 6. The van der Waals surface area contributed by atoms with Crippen LogP contribution in [0.5, 0.6) is 0 Å². The highest BCUT2D eigenvalue weighted by molar-refractivity contribution is 7.92. The largest absolute Gasteiger partial charge is 0.444 e. The minimum absolute atomic E-state index is 0.0230. The normalized spacial score (nSPS) is 11.7. The van der Waals surface area contributed by atoms with E-state index < -0.39 is 27.5 Å².